The SMILES string of the molecule is CCNC(=NCc1cnn(C)c1)NCC(C)c1cccs1.I. The van der Waals surface area contributed by atoms with Crippen molar-refractivity contribution in [2.24, 2.45) is 12.0 Å². The van der Waals surface area contributed by atoms with Gasteiger partial charge in [0.25, 0.3) is 0 Å². The molecule has 0 aromatic carbocycles. The number of nitrogens with zero attached hydrogens (tertiary/aromatic N) is 3. The molecule has 2 heterocycles. The molecule has 0 spiro atoms. The van der Waals surface area contributed by atoms with Crippen molar-refractivity contribution >= 4 is 41.3 Å². The largest absolute Gasteiger partial charge is 0.357 e. The second-order valence-corrected chi connectivity index (χ2v) is 5.99. The molecule has 122 valence electrons. The lowest BCUT2D eigenvalue weighted by molar-refractivity contribution is 0.709. The lowest BCUT2D eigenvalue weighted by Crippen LogP contribution is -2.39. The Morgan fingerprint density at radius 3 is 2.86 bits per heavy atom. The van der Waals surface area contributed by atoms with Crippen molar-refractivity contribution in [2.45, 2.75) is 26.3 Å². The summed E-state index contributed by atoms with van der Waals surface area (Å²) in [6.07, 6.45) is 3.84. The lowest BCUT2D eigenvalue weighted by atomic mass is 10.1. The summed E-state index contributed by atoms with van der Waals surface area (Å²) in [5.74, 6) is 1.33. The molecule has 0 radical (unpaired) electrons. The van der Waals surface area contributed by atoms with Crippen LogP contribution in [0.1, 0.15) is 30.2 Å². The summed E-state index contributed by atoms with van der Waals surface area (Å²) in [6.45, 7) is 6.66. The van der Waals surface area contributed by atoms with Crippen molar-refractivity contribution in [3.8, 4) is 0 Å². The van der Waals surface area contributed by atoms with Crippen LogP contribution >= 0.6 is 35.3 Å². The summed E-state index contributed by atoms with van der Waals surface area (Å²) < 4.78 is 1.80. The standard InChI is InChI=1S/C15H23N5S.HI/c1-4-16-15(18-9-13-10-19-20(3)11-13)17-8-12(2)14-6-5-7-21-14;/h5-7,10-12H,4,8-9H2,1-3H3,(H2,16,17,18);1H. The molecule has 1 unspecified atom stereocenters. The van der Waals surface area contributed by atoms with Crippen molar-refractivity contribution in [2.75, 3.05) is 13.1 Å². The van der Waals surface area contributed by atoms with E-state index in [1.807, 2.05) is 19.4 Å². The van der Waals surface area contributed by atoms with Crippen LogP contribution in [0.15, 0.2) is 34.9 Å². The zero-order chi connectivity index (χ0) is 15.1. The minimum Gasteiger partial charge on any atom is -0.357 e. The highest BCUT2D eigenvalue weighted by Gasteiger charge is 2.07. The van der Waals surface area contributed by atoms with Gasteiger partial charge in [-0.05, 0) is 18.4 Å². The van der Waals surface area contributed by atoms with E-state index in [4.69, 9.17) is 0 Å². The Bertz CT molecular complexity index is 564. The number of hydrogen-bond donors (Lipinski definition) is 2. The van der Waals surface area contributed by atoms with Crippen LogP contribution in [0.4, 0.5) is 0 Å². The van der Waals surface area contributed by atoms with Crippen LogP contribution in [0.25, 0.3) is 0 Å². The predicted molar refractivity (Wildman–Crippen MR) is 104 cm³/mol. The van der Waals surface area contributed by atoms with Gasteiger partial charge >= 0.3 is 0 Å². The molecule has 0 aliphatic carbocycles. The number of aliphatic imine (C=N–C) groups is 1. The van der Waals surface area contributed by atoms with E-state index in [-0.39, 0.29) is 24.0 Å². The van der Waals surface area contributed by atoms with E-state index in [1.165, 1.54) is 4.88 Å². The Morgan fingerprint density at radius 1 is 1.45 bits per heavy atom. The highest BCUT2D eigenvalue weighted by atomic mass is 127. The van der Waals surface area contributed by atoms with Gasteiger partial charge in [-0.3, -0.25) is 4.68 Å². The first kappa shape index (κ1) is 19.0. The van der Waals surface area contributed by atoms with Gasteiger partial charge in [-0.2, -0.15) is 5.10 Å². The average Bonchev–Trinajstić information content (AvgIpc) is 3.13. The van der Waals surface area contributed by atoms with Crippen LogP contribution in [0.5, 0.6) is 0 Å². The highest BCUT2D eigenvalue weighted by molar-refractivity contribution is 14.0. The molecule has 0 saturated carbocycles. The highest BCUT2D eigenvalue weighted by Crippen LogP contribution is 2.19. The molecule has 7 heteroatoms. The molecule has 5 nitrogen and oxygen atoms in total. The van der Waals surface area contributed by atoms with Gasteiger partial charge in [-0.15, -0.1) is 35.3 Å². The number of hydrogen-bond acceptors (Lipinski definition) is 3. The molecule has 0 bridgehead atoms. The molecule has 0 aliphatic rings. The third-order valence-corrected chi connectivity index (χ3v) is 4.23. The van der Waals surface area contributed by atoms with Crippen LogP contribution in [0.3, 0.4) is 0 Å². The van der Waals surface area contributed by atoms with Gasteiger partial charge in [0, 0.05) is 42.7 Å². The number of rotatable bonds is 6. The number of halogens is 1. The molecule has 2 aromatic rings. The maximum atomic E-state index is 4.59. The monoisotopic (exact) mass is 433 g/mol. The van der Waals surface area contributed by atoms with Gasteiger partial charge in [-0.25, -0.2) is 4.99 Å². The van der Waals surface area contributed by atoms with E-state index in [0.717, 1.165) is 24.6 Å². The third-order valence-electron chi connectivity index (χ3n) is 3.13. The molecule has 0 fully saturated rings. The molecule has 0 amide bonds. The molecule has 0 saturated heterocycles. The van der Waals surface area contributed by atoms with E-state index < -0.39 is 0 Å². The van der Waals surface area contributed by atoms with Gasteiger partial charge in [0.05, 0.1) is 12.7 Å². The number of guanidine groups is 1. The van der Waals surface area contributed by atoms with Gasteiger partial charge in [0.15, 0.2) is 5.96 Å². The normalized spacial score (nSPS) is 12.6. The Labute approximate surface area is 153 Å². The van der Waals surface area contributed by atoms with Crippen molar-refractivity contribution in [3.63, 3.8) is 0 Å². The smallest absolute Gasteiger partial charge is 0.191 e. The molecular weight excluding hydrogens is 409 g/mol. The molecule has 1 atom stereocenters. The minimum atomic E-state index is 0. The molecule has 22 heavy (non-hydrogen) atoms. The van der Waals surface area contributed by atoms with E-state index in [2.05, 4.69) is 52.1 Å². The number of aromatic nitrogens is 2. The Balaban J connectivity index is 0.00000242. The van der Waals surface area contributed by atoms with E-state index in [9.17, 15) is 0 Å². The zero-order valence-corrected chi connectivity index (χ0v) is 16.4. The summed E-state index contributed by atoms with van der Waals surface area (Å²) in [7, 11) is 1.92. The lowest BCUT2D eigenvalue weighted by Gasteiger charge is -2.14. The van der Waals surface area contributed by atoms with E-state index >= 15 is 0 Å². The van der Waals surface area contributed by atoms with Gasteiger partial charge in [-0.1, -0.05) is 13.0 Å². The fourth-order valence-corrected chi connectivity index (χ4v) is 2.77. The maximum absolute atomic E-state index is 4.59. The molecule has 2 rings (SSSR count). The Kier molecular flexibility index (Phi) is 8.47. The van der Waals surface area contributed by atoms with Crippen LogP contribution in [0.2, 0.25) is 0 Å². The average molecular weight is 433 g/mol. The summed E-state index contributed by atoms with van der Waals surface area (Å²) in [6, 6.07) is 4.27. The molecular formula is C15H24IN5S. The first-order valence-corrected chi connectivity index (χ1v) is 8.10. The fourth-order valence-electron chi connectivity index (χ4n) is 1.99. The topological polar surface area (TPSA) is 54.2 Å². The summed E-state index contributed by atoms with van der Waals surface area (Å²) in [4.78, 5) is 5.99. The quantitative estimate of drug-likeness (QED) is 0.419. The second-order valence-electron chi connectivity index (χ2n) is 5.01. The first-order chi connectivity index (χ1) is 10.2. The first-order valence-electron chi connectivity index (χ1n) is 7.22. The van der Waals surface area contributed by atoms with Crippen molar-refractivity contribution in [3.05, 3.63) is 40.3 Å². The summed E-state index contributed by atoms with van der Waals surface area (Å²) in [5.41, 5.74) is 1.11. The molecule has 2 aromatic heterocycles. The van der Waals surface area contributed by atoms with Gasteiger partial charge in [0.1, 0.15) is 0 Å². The van der Waals surface area contributed by atoms with Gasteiger partial charge < -0.3 is 10.6 Å². The number of thiophene rings is 1. The van der Waals surface area contributed by atoms with Crippen LogP contribution < -0.4 is 10.6 Å². The minimum absolute atomic E-state index is 0. The molecule has 0 aliphatic heterocycles. The fraction of sp³-hybridized carbons (Fsp3) is 0.467. The summed E-state index contributed by atoms with van der Waals surface area (Å²) in [5, 5.41) is 13.0. The predicted octanol–water partition coefficient (Wildman–Crippen LogP) is 2.96. The van der Waals surface area contributed by atoms with E-state index in [0.29, 0.717) is 12.5 Å². The van der Waals surface area contributed by atoms with E-state index in [1.54, 1.807) is 16.0 Å². The summed E-state index contributed by atoms with van der Waals surface area (Å²) >= 11 is 1.80. The van der Waals surface area contributed by atoms with Crippen LogP contribution in [0, 0.1) is 0 Å². The van der Waals surface area contributed by atoms with Gasteiger partial charge in [0.2, 0.25) is 0 Å². The number of aryl methyl sites for hydroxylation is 1. The Hall–Kier alpha value is -1.09. The zero-order valence-electron chi connectivity index (χ0n) is 13.2. The number of nitrogens with one attached hydrogen (secondary N) is 2. The van der Waals surface area contributed by atoms with Crippen molar-refractivity contribution < 1.29 is 0 Å². The van der Waals surface area contributed by atoms with Crippen LogP contribution in [-0.4, -0.2) is 28.8 Å². The van der Waals surface area contributed by atoms with Crippen molar-refractivity contribution in [1.29, 1.82) is 0 Å². The second kappa shape index (κ2) is 9.83. The van der Waals surface area contributed by atoms with Crippen LogP contribution in [-0.2, 0) is 13.6 Å². The molecule has 2 N–H and O–H groups in total. The Morgan fingerprint density at radius 2 is 2.27 bits per heavy atom. The third kappa shape index (κ3) is 5.96. The van der Waals surface area contributed by atoms with Crippen molar-refractivity contribution in [1.82, 2.24) is 20.4 Å². The maximum Gasteiger partial charge on any atom is 0.191 e.